The Bertz CT molecular complexity index is 2240. The van der Waals surface area contributed by atoms with E-state index in [9.17, 15) is 41.2 Å². The quantitative estimate of drug-likeness (QED) is 0.0887. The summed E-state index contributed by atoms with van der Waals surface area (Å²) in [6.07, 6.45) is -2.80. The Labute approximate surface area is 362 Å². The molecule has 9 atom stereocenters. The molecule has 5 aliphatic rings. The predicted octanol–water partition coefficient (Wildman–Crippen LogP) is 1.57. The number of sulfonamides is 1. The Morgan fingerprint density at radius 3 is 2.44 bits per heavy atom. The molecule has 7 rings (SSSR count). The summed E-state index contributed by atoms with van der Waals surface area (Å²) in [7, 11) is -4.20. The fraction of sp³-hybridized carbons (Fsp3) is 0.707. The van der Waals surface area contributed by atoms with Gasteiger partial charge in [-0.2, -0.15) is 0 Å². The number of nitrogens with zero attached hydrogens (tertiary/aromatic N) is 2. The minimum Gasteiger partial charge on any atom is -0.271 e. The van der Waals surface area contributed by atoms with E-state index in [0.717, 1.165) is 4.43 Å². The molecule has 4 N–H and O–H groups in total. The van der Waals surface area contributed by atoms with Crippen molar-refractivity contribution < 1.29 is 71.1 Å². The molecule has 338 valence electrons. The molecule has 2 aromatic rings. The van der Waals surface area contributed by atoms with E-state index < -0.39 is 116 Å². The van der Waals surface area contributed by atoms with Gasteiger partial charge in [0, 0.05) is 0 Å². The number of rotatable bonds is 15. The molecular formula is C41H54F4IN6O8S-. The summed E-state index contributed by atoms with van der Waals surface area (Å²) in [5.74, 6) is -8.06. The van der Waals surface area contributed by atoms with Crippen molar-refractivity contribution in [3.05, 3.63) is 40.3 Å². The van der Waals surface area contributed by atoms with Gasteiger partial charge < -0.3 is 0 Å². The fourth-order valence-corrected chi connectivity index (χ4v) is 14.3. The number of aromatic amines is 1. The number of hydrogen-bond donors (Lipinski definition) is 4. The second-order valence-corrected chi connectivity index (χ2v) is 24.4. The zero-order chi connectivity index (χ0) is 44.4. The summed E-state index contributed by atoms with van der Waals surface area (Å²) < 4.78 is 92.5. The van der Waals surface area contributed by atoms with Crippen molar-refractivity contribution in [2.75, 3.05) is 11.0 Å². The number of benzene rings is 1. The molecule has 3 aliphatic carbocycles. The van der Waals surface area contributed by atoms with Crippen molar-refractivity contribution in [2.24, 2.45) is 29.1 Å². The summed E-state index contributed by atoms with van der Waals surface area (Å²) >= 11 is -0.0911. The third-order valence-corrected chi connectivity index (χ3v) is 19.7. The van der Waals surface area contributed by atoms with Crippen molar-refractivity contribution in [1.29, 1.82) is 0 Å². The molecule has 0 unspecified atom stereocenters. The van der Waals surface area contributed by atoms with Crippen molar-refractivity contribution in [1.82, 2.24) is 30.2 Å². The van der Waals surface area contributed by atoms with Crippen LogP contribution in [0.1, 0.15) is 98.1 Å². The van der Waals surface area contributed by atoms with E-state index >= 15 is 8.78 Å². The summed E-state index contributed by atoms with van der Waals surface area (Å²) in [6.45, 7) is 8.40. The molecule has 14 nitrogen and oxygen atoms in total. The molecule has 4 amide bonds. The molecule has 1 aromatic heterocycles. The van der Waals surface area contributed by atoms with Gasteiger partial charge in [0.15, 0.2) is 0 Å². The first kappa shape index (κ1) is 45.5. The minimum absolute atomic E-state index is 0.0672. The van der Waals surface area contributed by atoms with Gasteiger partial charge in [0.25, 0.3) is 5.91 Å². The molecule has 0 spiro atoms. The number of alkyl halides is 6. The second-order valence-electron chi connectivity index (χ2n) is 18.9. The van der Waals surface area contributed by atoms with Crippen LogP contribution in [0.5, 0.6) is 0 Å². The molecule has 2 aliphatic heterocycles. The number of fused-ring (bicyclic) bond motifs is 2. The van der Waals surface area contributed by atoms with Gasteiger partial charge in [-0.05, 0) is 32.3 Å². The number of aromatic nitrogens is 2. The molecule has 2 saturated heterocycles. The number of carbonyl (C=O) groups is 4. The number of carbonyl (C=O) groups excluding carboxylic acids is 4. The molecule has 3 heterocycles. The van der Waals surface area contributed by atoms with Gasteiger partial charge in [-0.25, -0.2) is 17.2 Å². The summed E-state index contributed by atoms with van der Waals surface area (Å²) in [6, 6.07) is 4.06. The average molecular weight is 994 g/mol. The van der Waals surface area contributed by atoms with Crippen LogP contribution in [0.2, 0.25) is 0 Å². The van der Waals surface area contributed by atoms with Gasteiger partial charge in [-0.15, -0.1) is 0 Å². The first-order valence-electron chi connectivity index (χ1n) is 20.9. The monoisotopic (exact) mass is 993 g/mol. The number of likely N-dealkylation sites (tertiary alicyclic amines) is 1. The Kier molecular flexibility index (Phi) is 12.3. The normalized spacial score (nSPS) is 29.8. The van der Waals surface area contributed by atoms with Gasteiger partial charge >= 0.3 is 254 Å². The number of alkyl carbamates (subject to hydrolysis) is 1. The Morgan fingerprint density at radius 1 is 1.11 bits per heavy atom. The summed E-state index contributed by atoms with van der Waals surface area (Å²) in [5.41, 5.74) is -4.20. The number of hydrogen-bond acceptors (Lipinski definition) is 9. The van der Waals surface area contributed by atoms with E-state index in [1.807, 2.05) is 4.72 Å². The molecular weight excluding hydrogens is 939 g/mol. The number of nitrogens with one attached hydrogen (secondary N) is 4. The van der Waals surface area contributed by atoms with Crippen molar-refractivity contribution >= 4 is 44.9 Å². The molecule has 3 saturated carbocycles. The van der Waals surface area contributed by atoms with Gasteiger partial charge in [-0.3, -0.25) is 9.52 Å². The fourth-order valence-electron chi connectivity index (χ4n) is 9.10. The van der Waals surface area contributed by atoms with Gasteiger partial charge in [0.1, 0.15) is 5.54 Å². The molecule has 0 bridgehead atoms. The Hall–Kier alpha value is -3.56. The Balaban J connectivity index is 0.979. The van der Waals surface area contributed by atoms with E-state index in [1.54, 1.807) is 52.0 Å². The van der Waals surface area contributed by atoms with Gasteiger partial charge in [0.2, 0.25) is 16.4 Å². The van der Waals surface area contributed by atoms with E-state index in [2.05, 4.69) is 20.6 Å². The van der Waals surface area contributed by atoms with Gasteiger partial charge in [0.05, 0.1) is 10.7 Å². The van der Waals surface area contributed by atoms with Crippen LogP contribution in [0, 0.1) is 29.1 Å². The van der Waals surface area contributed by atoms with E-state index in [4.69, 9.17) is 4.74 Å². The first-order chi connectivity index (χ1) is 28.5. The third-order valence-electron chi connectivity index (χ3n) is 13.4. The van der Waals surface area contributed by atoms with Crippen LogP contribution in [0.3, 0.4) is 0 Å². The third kappa shape index (κ3) is 8.99. The van der Waals surface area contributed by atoms with E-state index in [1.165, 1.54) is 11.8 Å². The van der Waals surface area contributed by atoms with Crippen LogP contribution in [-0.2, 0) is 35.1 Å². The number of para-hydroxylation sites is 2. The number of amides is 4. The second kappa shape index (κ2) is 16.5. The zero-order valence-electron chi connectivity index (χ0n) is 34.7. The molecule has 1 aromatic carbocycles. The number of halogens is 5. The SMILES string of the molecule is C[C@@H]1CCN(C(=O)[C@@H](NC(=O)O[C@@H]2C[C@@H]3[I-]C[C@@H]3[C@H]2CCCCC(F)(F)c2nc3ccccc3[nH]c2=O)C(C)(C)C)[C@@H]1C(=O)N[C@]1(C(=O)NS(=O)(=O)C2(C)CC2)C[C@H]1C(F)F. The van der Waals surface area contributed by atoms with E-state index in [0.29, 0.717) is 53.9 Å². The Morgan fingerprint density at radius 2 is 1.82 bits per heavy atom. The van der Waals surface area contributed by atoms with Crippen LogP contribution < -0.4 is 42.1 Å². The number of ether oxygens (including phenoxy) is 1. The van der Waals surface area contributed by atoms with E-state index in [-0.39, 0.29) is 45.6 Å². The molecule has 20 heteroatoms. The number of unbranched alkanes of at least 4 members (excludes halogenated alkanes) is 1. The standard InChI is InChI=1S/C41H54F4IN6O8S/c1-21-13-17-52(29(21)33(53)50-40(19-24(40)32(42)43)36(56)51-61(58,59)39(5)15-16-39)35(55)31(38(2,3)4)49-37(57)60-28-18-25-23(20-46-25)22(28)10-8-9-14-41(44,45)30-34(54)48-27-12-7-6-11-26(27)47-30/h6-7,11-12,21-25,28-29,31-32H,8-10,13-20H2,1-5H3,(H,48,54)(H,49,57)(H,50,53)(H,51,56)/q-1/t21-,22-,23-,24+,25+,28-,29+,31-,40-/m1/s1. The molecule has 0 radical (unpaired) electrons. The average Bonchev–Trinajstić information content (AvgIpc) is 4.04. The minimum atomic E-state index is -4.20. The summed E-state index contributed by atoms with van der Waals surface area (Å²) in [4.78, 5) is 75.5. The topological polar surface area (TPSA) is 197 Å². The van der Waals surface area contributed by atoms with Crippen LogP contribution in [0.4, 0.5) is 22.4 Å². The van der Waals surface area contributed by atoms with Crippen molar-refractivity contribution in [3.8, 4) is 0 Å². The van der Waals surface area contributed by atoms with Crippen LogP contribution >= 0.6 is 0 Å². The van der Waals surface area contributed by atoms with Crippen LogP contribution in [-0.4, -0.2) is 96.9 Å². The molecule has 61 heavy (non-hydrogen) atoms. The zero-order valence-corrected chi connectivity index (χ0v) is 37.7. The summed E-state index contributed by atoms with van der Waals surface area (Å²) in [5, 5.41) is 5.15. The van der Waals surface area contributed by atoms with Crippen LogP contribution in [0.25, 0.3) is 11.0 Å². The predicted molar refractivity (Wildman–Crippen MR) is 211 cm³/mol. The maximum atomic E-state index is 15.3. The van der Waals surface area contributed by atoms with Crippen molar-refractivity contribution in [3.63, 3.8) is 0 Å². The number of H-pyrrole nitrogens is 1. The van der Waals surface area contributed by atoms with Crippen LogP contribution in [0.15, 0.2) is 29.1 Å². The molecule has 5 fully saturated rings. The maximum absolute atomic E-state index is 15.3. The first-order valence-corrected chi connectivity index (χ1v) is 25.1. The van der Waals surface area contributed by atoms with Crippen molar-refractivity contribution in [2.45, 2.75) is 137 Å². The van der Waals surface area contributed by atoms with Gasteiger partial charge in [-0.1, -0.05) is 12.1 Å². The smallest absolute Gasteiger partial charge is 0.271 e.